The minimum atomic E-state index is -0.411. The Morgan fingerprint density at radius 2 is 1.94 bits per heavy atom. The van der Waals surface area contributed by atoms with Gasteiger partial charge in [-0.1, -0.05) is 30.3 Å². The van der Waals surface area contributed by atoms with Gasteiger partial charge < -0.3 is 5.32 Å². The van der Waals surface area contributed by atoms with Crippen molar-refractivity contribution in [1.29, 1.82) is 0 Å². The Bertz CT molecular complexity index is 433. The molecule has 0 spiro atoms. The van der Waals surface area contributed by atoms with Gasteiger partial charge in [0.1, 0.15) is 5.54 Å². The minimum absolute atomic E-state index is 0. The maximum atomic E-state index is 12.7. The van der Waals surface area contributed by atoms with Crippen molar-refractivity contribution < 1.29 is 4.79 Å². The van der Waals surface area contributed by atoms with Crippen LogP contribution in [0.4, 0.5) is 0 Å². The largest absolute Gasteiger partial charge is 0.304 e. The molecule has 2 fully saturated rings. The molecule has 18 heavy (non-hydrogen) atoms. The Kier molecular flexibility index (Phi) is 3.79. The van der Waals surface area contributed by atoms with Crippen molar-refractivity contribution in [2.24, 2.45) is 11.8 Å². The van der Waals surface area contributed by atoms with Gasteiger partial charge in [0.05, 0.1) is 0 Å². The van der Waals surface area contributed by atoms with Crippen LogP contribution in [0, 0.1) is 11.8 Å². The number of fused-ring (bicyclic) bond motifs is 2. The van der Waals surface area contributed by atoms with Crippen LogP contribution >= 0.6 is 12.4 Å². The molecule has 1 aromatic carbocycles. The predicted octanol–water partition coefficient (Wildman–Crippen LogP) is 2.91. The van der Waals surface area contributed by atoms with Crippen molar-refractivity contribution >= 4 is 18.2 Å². The molecular formula is C15H20ClNO. The zero-order valence-corrected chi connectivity index (χ0v) is 11.5. The molecule has 98 valence electrons. The first kappa shape index (κ1) is 13.6. The van der Waals surface area contributed by atoms with Crippen LogP contribution in [0.3, 0.4) is 0 Å². The molecule has 3 atom stereocenters. The number of Topliss-reactive ketones (excluding diaryl/α,β-unsaturated/α-hetero) is 1. The topological polar surface area (TPSA) is 29.1 Å². The summed E-state index contributed by atoms with van der Waals surface area (Å²) in [6.07, 6.45) is 4.42. The molecule has 0 radical (unpaired) electrons. The summed E-state index contributed by atoms with van der Waals surface area (Å²) in [6, 6.07) is 10.2. The lowest BCUT2D eigenvalue weighted by molar-refractivity contribution is -0.132. The fourth-order valence-corrected chi connectivity index (χ4v) is 3.73. The Labute approximate surface area is 115 Å². The summed E-state index contributed by atoms with van der Waals surface area (Å²) in [4.78, 5) is 12.7. The molecule has 2 bridgehead atoms. The highest BCUT2D eigenvalue weighted by Gasteiger charge is 2.50. The van der Waals surface area contributed by atoms with Crippen LogP contribution < -0.4 is 5.32 Å². The highest BCUT2D eigenvalue weighted by molar-refractivity contribution is 5.92. The van der Waals surface area contributed by atoms with Gasteiger partial charge in [-0.15, -0.1) is 12.4 Å². The van der Waals surface area contributed by atoms with Gasteiger partial charge in [0.15, 0.2) is 5.78 Å². The fourth-order valence-electron chi connectivity index (χ4n) is 3.73. The van der Waals surface area contributed by atoms with Crippen LogP contribution in [0.2, 0.25) is 0 Å². The van der Waals surface area contributed by atoms with Crippen molar-refractivity contribution in [3.8, 4) is 0 Å². The van der Waals surface area contributed by atoms with Crippen LogP contribution in [0.15, 0.2) is 30.3 Å². The lowest BCUT2D eigenvalue weighted by Gasteiger charge is -2.39. The third-order valence-corrected chi connectivity index (χ3v) is 4.62. The van der Waals surface area contributed by atoms with E-state index in [-0.39, 0.29) is 12.4 Å². The average Bonchev–Trinajstić information content (AvgIpc) is 2.79. The molecule has 3 unspecified atom stereocenters. The second-order valence-electron chi connectivity index (χ2n) is 5.47. The Balaban J connectivity index is 0.00000120. The molecule has 2 nitrogen and oxygen atoms in total. The van der Waals surface area contributed by atoms with E-state index in [1.54, 1.807) is 0 Å². The highest BCUT2D eigenvalue weighted by atomic mass is 35.5. The number of likely N-dealkylation sites (N-methyl/N-ethyl adjacent to an activating group) is 1. The van der Waals surface area contributed by atoms with Gasteiger partial charge in [0.25, 0.3) is 0 Å². The second kappa shape index (κ2) is 5.02. The molecule has 0 aromatic heterocycles. The van der Waals surface area contributed by atoms with E-state index >= 15 is 0 Å². The summed E-state index contributed by atoms with van der Waals surface area (Å²) in [5.74, 6) is 1.44. The summed E-state index contributed by atoms with van der Waals surface area (Å²) in [6.45, 7) is 0. The van der Waals surface area contributed by atoms with Crippen molar-refractivity contribution in [1.82, 2.24) is 5.32 Å². The third kappa shape index (κ3) is 1.88. The summed E-state index contributed by atoms with van der Waals surface area (Å²) in [5.41, 5.74) is 0.731. The number of rotatable bonds is 2. The van der Waals surface area contributed by atoms with Gasteiger partial charge in [0.2, 0.25) is 0 Å². The number of carbonyl (C=O) groups is 1. The molecule has 3 heteroatoms. The monoisotopic (exact) mass is 265 g/mol. The molecule has 2 saturated carbocycles. The number of benzene rings is 1. The SMILES string of the molecule is CNC1(c2ccccc2)CC2CCC(C2)C1=O.Cl. The van der Waals surface area contributed by atoms with E-state index in [9.17, 15) is 4.79 Å². The predicted molar refractivity (Wildman–Crippen MR) is 74.9 cm³/mol. The quantitative estimate of drug-likeness (QED) is 0.891. The maximum Gasteiger partial charge on any atom is 0.160 e. The molecule has 1 N–H and O–H groups in total. The van der Waals surface area contributed by atoms with Crippen LogP contribution in [-0.4, -0.2) is 12.8 Å². The average molecular weight is 266 g/mol. The number of hydrogen-bond donors (Lipinski definition) is 1. The number of ketones is 1. The first-order valence-electron chi connectivity index (χ1n) is 6.55. The molecule has 3 rings (SSSR count). The van der Waals surface area contributed by atoms with Crippen LogP contribution in [0.25, 0.3) is 0 Å². The highest BCUT2D eigenvalue weighted by Crippen LogP contribution is 2.48. The summed E-state index contributed by atoms with van der Waals surface area (Å²) in [5, 5.41) is 3.33. The van der Waals surface area contributed by atoms with E-state index in [0.717, 1.165) is 30.7 Å². The summed E-state index contributed by atoms with van der Waals surface area (Å²) < 4.78 is 0. The lowest BCUT2D eigenvalue weighted by Crippen LogP contribution is -2.52. The van der Waals surface area contributed by atoms with Crippen LogP contribution in [-0.2, 0) is 10.3 Å². The van der Waals surface area contributed by atoms with Gasteiger partial charge >= 0.3 is 0 Å². The zero-order chi connectivity index (χ0) is 11.9. The van der Waals surface area contributed by atoms with E-state index < -0.39 is 5.54 Å². The Hall–Kier alpha value is -0.860. The van der Waals surface area contributed by atoms with Gasteiger partial charge in [-0.3, -0.25) is 4.79 Å². The number of nitrogens with one attached hydrogen (secondary N) is 1. The summed E-state index contributed by atoms with van der Waals surface area (Å²) in [7, 11) is 1.93. The van der Waals surface area contributed by atoms with Gasteiger partial charge in [-0.2, -0.15) is 0 Å². The zero-order valence-electron chi connectivity index (χ0n) is 10.7. The standard InChI is InChI=1S/C15H19NO.ClH/c1-16-15(13-5-3-2-4-6-13)10-11-7-8-12(9-11)14(15)17;/h2-6,11-12,16H,7-10H2,1H3;1H. The number of halogens is 1. The normalized spacial score (nSPS) is 34.2. The van der Waals surface area contributed by atoms with Gasteiger partial charge in [-0.05, 0) is 44.2 Å². The van der Waals surface area contributed by atoms with Crippen molar-refractivity contribution in [3.63, 3.8) is 0 Å². The van der Waals surface area contributed by atoms with Crippen LogP contribution in [0.1, 0.15) is 31.2 Å². The van der Waals surface area contributed by atoms with E-state index in [0.29, 0.717) is 11.7 Å². The Morgan fingerprint density at radius 3 is 2.61 bits per heavy atom. The van der Waals surface area contributed by atoms with Crippen molar-refractivity contribution in [2.45, 2.75) is 31.2 Å². The fraction of sp³-hybridized carbons (Fsp3) is 0.533. The molecule has 2 aliphatic rings. The number of hydrogen-bond acceptors (Lipinski definition) is 2. The first-order chi connectivity index (χ1) is 8.26. The molecule has 2 aliphatic carbocycles. The molecule has 0 saturated heterocycles. The molecule has 0 heterocycles. The van der Waals surface area contributed by atoms with E-state index in [2.05, 4.69) is 17.4 Å². The maximum absolute atomic E-state index is 12.7. The smallest absolute Gasteiger partial charge is 0.160 e. The lowest BCUT2D eigenvalue weighted by atomic mass is 9.70. The van der Waals surface area contributed by atoms with Gasteiger partial charge in [0, 0.05) is 5.92 Å². The van der Waals surface area contributed by atoms with Crippen LogP contribution in [0.5, 0.6) is 0 Å². The summed E-state index contributed by atoms with van der Waals surface area (Å²) >= 11 is 0. The van der Waals surface area contributed by atoms with Gasteiger partial charge in [-0.25, -0.2) is 0 Å². The van der Waals surface area contributed by atoms with Crippen molar-refractivity contribution in [3.05, 3.63) is 35.9 Å². The molecular weight excluding hydrogens is 246 g/mol. The molecule has 1 aromatic rings. The first-order valence-corrected chi connectivity index (χ1v) is 6.55. The van der Waals surface area contributed by atoms with Crippen molar-refractivity contribution in [2.75, 3.05) is 7.05 Å². The van der Waals surface area contributed by atoms with E-state index in [4.69, 9.17) is 0 Å². The third-order valence-electron chi connectivity index (χ3n) is 4.62. The molecule has 0 amide bonds. The molecule has 0 aliphatic heterocycles. The van der Waals surface area contributed by atoms with E-state index in [1.165, 1.54) is 6.42 Å². The minimum Gasteiger partial charge on any atom is -0.304 e. The number of carbonyl (C=O) groups excluding carboxylic acids is 1. The second-order valence-corrected chi connectivity index (χ2v) is 5.47. The Morgan fingerprint density at radius 1 is 1.22 bits per heavy atom. The van der Waals surface area contributed by atoms with E-state index in [1.807, 2.05) is 25.2 Å².